The summed E-state index contributed by atoms with van der Waals surface area (Å²) < 4.78 is 25.2. The highest BCUT2D eigenvalue weighted by Gasteiger charge is 2.37. The van der Waals surface area contributed by atoms with Crippen LogP contribution >= 0.6 is 11.6 Å². The molecule has 1 aliphatic heterocycles. The van der Waals surface area contributed by atoms with Crippen molar-refractivity contribution < 1.29 is 28.2 Å². The van der Waals surface area contributed by atoms with E-state index in [2.05, 4.69) is 5.32 Å². The Bertz CT molecular complexity index is 1340. The van der Waals surface area contributed by atoms with Crippen LogP contribution in [0.3, 0.4) is 0 Å². The molecular formula is C26H20ClFN2O5. The molecule has 1 saturated heterocycles. The Hall–Kier alpha value is -4.17. The van der Waals surface area contributed by atoms with Gasteiger partial charge in [0.15, 0.2) is 11.5 Å². The van der Waals surface area contributed by atoms with E-state index in [1.165, 1.54) is 24.3 Å². The molecule has 9 heteroatoms. The van der Waals surface area contributed by atoms with Crippen molar-refractivity contribution >= 4 is 41.2 Å². The predicted molar refractivity (Wildman–Crippen MR) is 129 cm³/mol. The molecule has 0 radical (unpaired) electrons. The first-order valence-corrected chi connectivity index (χ1v) is 11.0. The molecule has 0 spiro atoms. The van der Waals surface area contributed by atoms with Gasteiger partial charge in [-0.05, 0) is 55.0 Å². The summed E-state index contributed by atoms with van der Waals surface area (Å²) in [6, 6.07) is 16.2. The van der Waals surface area contributed by atoms with Gasteiger partial charge in [0.1, 0.15) is 18.0 Å². The molecule has 7 nitrogen and oxygen atoms in total. The summed E-state index contributed by atoms with van der Waals surface area (Å²) in [4.78, 5) is 38.5. The van der Waals surface area contributed by atoms with E-state index < -0.39 is 23.7 Å². The van der Waals surface area contributed by atoms with Gasteiger partial charge in [0.05, 0.1) is 12.3 Å². The number of nitrogens with one attached hydrogen (secondary N) is 1. The number of carbonyl (C=O) groups excluding carboxylic acids is 3. The largest absolute Gasteiger partial charge is 0.490 e. The lowest BCUT2D eigenvalue weighted by atomic mass is 10.1. The fourth-order valence-corrected chi connectivity index (χ4v) is 3.64. The van der Waals surface area contributed by atoms with Crippen LogP contribution in [0, 0.1) is 5.82 Å². The van der Waals surface area contributed by atoms with Crippen LogP contribution in [0.4, 0.5) is 14.9 Å². The zero-order valence-electron chi connectivity index (χ0n) is 18.6. The lowest BCUT2D eigenvalue weighted by molar-refractivity contribution is -0.122. The molecule has 3 aromatic rings. The van der Waals surface area contributed by atoms with Crippen LogP contribution in [-0.2, 0) is 16.2 Å². The van der Waals surface area contributed by atoms with E-state index in [1.54, 1.807) is 24.3 Å². The fourth-order valence-electron chi connectivity index (χ4n) is 3.45. The highest BCUT2D eigenvalue weighted by atomic mass is 35.5. The van der Waals surface area contributed by atoms with Crippen LogP contribution < -0.4 is 19.7 Å². The molecule has 0 aromatic heterocycles. The van der Waals surface area contributed by atoms with Crippen LogP contribution in [0.2, 0.25) is 5.02 Å². The molecule has 0 aliphatic carbocycles. The van der Waals surface area contributed by atoms with E-state index in [4.69, 9.17) is 21.1 Å². The molecular weight excluding hydrogens is 475 g/mol. The van der Waals surface area contributed by atoms with Crippen LogP contribution in [-0.4, -0.2) is 24.5 Å². The lowest BCUT2D eigenvalue weighted by Gasteiger charge is -2.26. The number of urea groups is 1. The first-order valence-electron chi connectivity index (χ1n) is 10.7. The zero-order valence-corrected chi connectivity index (χ0v) is 19.3. The van der Waals surface area contributed by atoms with Gasteiger partial charge in [0.2, 0.25) is 0 Å². The average molecular weight is 495 g/mol. The smallest absolute Gasteiger partial charge is 0.335 e. The molecule has 4 rings (SSSR count). The van der Waals surface area contributed by atoms with Gasteiger partial charge in [-0.25, -0.2) is 14.1 Å². The summed E-state index contributed by atoms with van der Waals surface area (Å²) in [5.74, 6) is -1.51. The molecule has 35 heavy (non-hydrogen) atoms. The first-order chi connectivity index (χ1) is 16.9. The number of hydrogen-bond acceptors (Lipinski definition) is 5. The van der Waals surface area contributed by atoms with Crippen LogP contribution in [0.5, 0.6) is 11.5 Å². The normalized spacial score (nSPS) is 14.8. The third-order valence-corrected chi connectivity index (χ3v) is 5.46. The predicted octanol–water partition coefficient (Wildman–Crippen LogP) is 5.12. The number of imide groups is 2. The van der Waals surface area contributed by atoms with E-state index in [1.807, 2.05) is 25.1 Å². The number of benzene rings is 3. The number of rotatable bonds is 7. The Kier molecular flexibility index (Phi) is 7.12. The Morgan fingerprint density at radius 3 is 2.51 bits per heavy atom. The van der Waals surface area contributed by atoms with Crippen molar-refractivity contribution in [1.82, 2.24) is 5.32 Å². The molecule has 1 N–H and O–H groups in total. The fraction of sp³-hybridized carbons (Fsp3) is 0.115. The maximum Gasteiger partial charge on any atom is 0.335 e. The van der Waals surface area contributed by atoms with Gasteiger partial charge < -0.3 is 9.47 Å². The molecule has 1 heterocycles. The van der Waals surface area contributed by atoms with Crippen LogP contribution in [0.1, 0.15) is 18.1 Å². The molecule has 0 bridgehead atoms. The quantitative estimate of drug-likeness (QED) is 0.364. The monoisotopic (exact) mass is 494 g/mol. The molecule has 0 unspecified atom stereocenters. The Labute approximate surface area is 205 Å². The van der Waals surface area contributed by atoms with Crippen molar-refractivity contribution in [3.8, 4) is 11.5 Å². The number of nitrogens with zero attached hydrogens (tertiary/aromatic N) is 1. The second kappa shape index (κ2) is 10.4. The number of anilines is 1. The lowest BCUT2D eigenvalue weighted by Crippen LogP contribution is -2.54. The highest BCUT2D eigenvalue weighted by Crippen LogP contribution is 2.31. The van der Waals surface area contributed by atoms with Gasteiger partial charge in [-0.1, -0.05) is 41.9 Å². The average Bonchev–Trinajstić information content (AvgIpc) is 2.82. The highest BCUT2D eigenvalue weighted by molar-refractivity contribution is 6.39. The van der Waals surface area contributed by atoms with Gasteiger partial charge in [-0.3, -0.25) is 14.9 Å². The number of carbonyl (C=O) groups is 3. The Morgan fingerprint density at radius 1 is 0.971 bits per heavy atom. The number of halogens is 2. The summed E-state index contributed by atoms with van der Waals surface area (Å²) in [5.41, 5.74) is 0.977. The minimum Gasteiger partial charge on any atom is -0.490 e. The Balaban J connectivity index is 1.62. The minimum absolute atomic E-state index is 0.00391. The third kappa shape index (κ3) is 5.33. The van der Waals surface area contributed by atoms with Crippen molar-refractivity contribution in [2.24, 2.45) is 0 Å². The van der Waals surface area contributed by atoms with Gasteiger partial charge in [0, 0.05) is 10.6 Å². The second-order valence-electron chi connectivity index (χ2n) is 7.46. The summed E-state index contributed by atoms with van der Waals surface area (Å²) in [7, 11) is 0. The van der Waals surface area contributed by atoms with Crippen molar-refractivity contribution in [3.63, 3.8) is 0 Å². The number of amides is 4. The van der Waals surface area contributed by atoms with Crippen molar-refractivity contribution in [1.29, 1.82) is 0 Å². The maximum atomic E-state index is 13.7. The molecule has 1 aliphatic rings. The zero-order chi connectivity index (χ0) is 24.9. The van der Waals surface area contributed by atoms with Crippen molar-refractivity contribution in [2.45, 2.75) is 13.5 Å². The Morgan fingerprint density at radius 2 is 1.77 bits per heavy atom. The van der Waals surface area contributed by atoms with Gasteiger partial charge in [0.25, 0.3) is 11.8 Å². The van der Waals surface area contributed by atoms with Crippen molar-refractivity contribution in [3.05, 3.63) is 94.3 Å². The molecule has 4 amide bonds. The van der Waals surface area contributed by atoms with E-state index in [0.717, 1.165) is 11.6 Å². The number of barbiturate groups is 1. The maximum absolute atomic E-state index is 13.7. The summed E-state index contributed by atoms with van der Waals surface area (Å²) >= 11 is 6.19. The summed E-state index contributed by atoms with van der Waals surface area (Å²) in [6.07, 6.45) is 1.33. The summed E-state index contributed by atoms with van der Waals surface area (Å²) in [6.45, 7) is 2.37. The molecule has 3 aromatic carbocycles. The van der Waals surface area contributed by atoms with Crippen molar-refractivity contribution in [2.75, 3.05) is 11.5 Å². The van der Waals surface area contributed by atoms with Gasteiger partial charge in [-0.2, -0.15) is 0 Å². The number of ether oxygens (including phenoxy) is 2. The first kappa shape index (κ1) is 24.0. The third-order valence-electron chi connectivity index (χ3n) is 5.09. The number of hydrogen-bond donors (Lipinski definition) is 1. The minimum atomic E-state index is -0.957. The molecule has 1 fully saturated rings. The molecule has 0 saturated carbocycles. The van der Waals surface area contributed by atoms with Gasteiger partial charge >= 0.3 is 6.03 Å². The molecule has 178 valence electrons. The van der Waals surface area contributed by atoms with E-state index in [9.17, 15) is 18.8 Å². The summed E-state index contributed by atoms with van der Waals surface area (Å²) in [5, 5.41) is 2.69. The van der Waals surface area contributed by atoms with E-state index >= 15 is 0 Å². The van der Waals surface area contributed by atoms with Crippen LogP contribution in [0.25, 0.3) is 6.08 Å². The molecule has 0 atom stereocenters. The standard InChI is InChI=1S/C26H20ClFN2O5/c1-2-34-23-13-16(10-11-22(23)35-15-17-6-3-4-9-21(17)27)12-20-24(31)29-26(33)30(25(20)32)19-8-5-7-18(28)14-19/h3-14H,2,15H2,1H3,(H,29,31,33)/b20-12+. The van der Waals surface area contributed by atoms with E-state index in [0.29, 0.717) is 33.6 Å². The second-order valence-corrected chi connectivity index (χ2v) is 7.86. The topological polar surface area (TPSA) is 84.9 Å². The van der Waals surface area contributed by atoms with E-state index in [-0.39, 0.29) is 17.9 Å². The SMILES string of the molecule is CCOc1cc(/C=C2\C(=O)NC(=O)N(c3cccc(F)c3)C2=O)ccc1OCc1ccccc1Cl. The van der Waals surface area contributed by atoms with Gasteiger partial charge in [-0.15, -0.1) is 0 Å². The van der Waals surface area contributed by atoms with Crippen LogP contribution in [0.15, 0.2) is 72.3 Å².